The first-order chi connectivity index (χ1) is 69.9. The maximum Gasteiger partial charge on any atom is 0.267 e. The number of carbonyl (C=O) groups is 10. The van der Waals surface area contributed by atoms with Gasteiger partial charge < -0.3 is 87.3 Å². The number of piperidine rings is 1. The summed E-state index contributed by atoms with van der Waals surface area (Å²) in [6, 6.07) is 47.7. The van der Waals surface area contributed by atoms with E-state index in [-0.39, 0.29) is 113 Å². The highest BCUT2D eigenvalue weighted by molar-refractivity contribution is 5.96. The summed E-state index contributed by atoms with van der Waals surface area (Å²) >= 11 is 0. The quantitative estimate of drug-likeness (QED) is 0.0136. The summed E-state index contributed by atoms with van der Waals surface area (Å²) in [5.41, 5.74) is 24.9. The average Bonchev–Trinajstić information content (AvgIpc) is 0.948. The Morgan fingerprint density at radius 3 is 1.26 bits per heavy atom. The number of Topliss-reactive ketones (excluding diaryl/α,β-unsaturated/α-hetero) is 5. The highest BCUT2D eigenvalue weighted by Gasteiger charge is 2.34. The number of aromatic nitrogens is 11. The maximum atomic E-state index is 11.9. The second-order valence-electron chi connectivity index (χ2n) is 36.1. The number of pyridine rings is 1. The summed E-state index contributed by atoms with van der Waals surface area (Å²) in [5, 5.41) is 17.6. The summed E-state index contributed by atoms with van der Waals surface area (Å²) in [5.74, 6) is 5.74. The van der Waals surface area contributed by atoms with Crippen molar-refractivity contribution in [2.24, 2.45) is 17.2 Å². The molecule has 39 heteroatoms. The number of rotatable bonds is 33. The summed E-state index contributed by atoms with van der Waals surface area (Å²) < 4.78 is 35.5. The van der Waals surface area contributed by atoms with Gasteiger partial charge in [-0.25, -0.2) is 44.7 Å². The van der Waals surface area contributed by atoms with Crippen molar-refractivity contribution >= 4 is 110 Å². The van der Waals surface area contributed by atoms with Crippen LogP contribution in [0.25, 0.3) is 27.4 Å². The van der Waals surface area contributed by atoms with Crippen molar-refractivity contribution in [3.05, 3.63) is 256 Å². The zero-order valence-electron chi connectivity index (χ0n) is 83.4. The average molecular weight is 2000 g/mol. The Bertz CT molecular complexity index is 6660. The molecule has 7 atom stereocenters. The molecule has 5 aromatic carbocycles. The molecule has 0 bridgehead atoms. The SMILES string of the molecule is C.CC(=O)[C@H](C)Nc1cc(C(N)=O)nc(C2=CCC(Oc3ccc(C)cc3)CC2)n1.CC(=O)[C@H](C)Nc1cc(C(N)=O)nc(N2CC(Oc3ccc(C)cc3)C2)n1.CC(=O)c1cc(N[C@H]2CCNC2=O)nc(-c2ccc(Oc3ccc(C)cn3)cc2)n1.CC(=O)c1cc(O[C@H]2CCNC2=O)nc(C2=CCC(Oc3ccc(C)cc3)CC2)n1.[C-]#[N+]c1ccc(OC2CCN(c3nc(N[C@@H](C)C(C)=O)cc(C(N)=O)n3)CC2)cc1. The molecule has 17 rings (SSSR count). The first-order valence-corrected chi connectivity index (χ1v) is 48.0. The molecule has 4 saturated heterocycles. The number of hydrogen-bond donors (Lipinski definition) is 9. The van der Waals surface area contributed by atoms with E-state index in [1.165, 1.54) is 75.6 Å². The molecule has 39 nitrogen and oxygen atoms in total. The van der Waals surface area contributed by atoms with E-state index in [0.29, 0.717) is 122 Å². The molecule has 2 unspecified atom stereocenters. The van der Waals surface area contributed by atoms with Gasteiger partial charge in [0, 0.05) is 120 Å². The lowest BCUT2D eigenvalue weighted by Crippen LogP contribution is -2.54. The Kier molecular flexibility index (Phi) is 37.9. The van der Waals surface area contributed by atoms with Crippen LogP contribution in [0.15, 0.2) is 182 Å². The molecule has 0 spiro atoms. The molecule has 11 aromatic rings. The van der Waals surface area contributed by atoms with Gasteiger partial charge in [0.25, 0.3) is 23.6 Å². The molecule has 0 saturated carbocycles. The Hall–Kier alpha value is -17.1. The fourth-order valence-corrected chi connectivity index (χ4v) is 15.3. The molecule has 4 fully saturated rings. The number of ketones is 5. The van der Waals surface area contributed by atoms with Crippen LogP contribution in [0.4, 0.5) is 40.9 Å². The second kappa shape index (κ2) is 51.2. The van der Waals surface area contributed by atoms with Crippen molar-refractivity contribution in [1.82, 2.24) is 65.5 Å². The van der Waals surface area contributed by atoms with Gasteiger partial charge in [-0.05, 0) is 191 Å². The maximum absolute atomic E-state index is 11.9. The van der Waals surface area contributed by atoms with Gasteiger partial charge in [-0.2, -0.15) is 15.0 Å². The normalized spacial score (nSPS) is 16.7. The Morgan fingerprint density at radius 2 is 0.823 bits per heavy atom. The predicted molar refractivity (Wildman–Crippen MR) is 557 cm³/mol. The van der Waals surface area contributed by atoms with E-state index in [1.54, 1.807) is 75.5 Å². The van der Waals surface area contributed by atoms with Crippen molar-refractivity contribution in [2.75, 3.05) is 70.3 Å². The molecule has 4 aliphatic heterocycles. The number of anilines is 6. The van der Waals surface area contributed by atoms with E-state index >= 15 is 0 Å². The lowest BCUT2D eigenvalue weighted by Gasteiger charge is -2.39. The monoisotopic (exact) mass is 2000 g/mol. The number of hydrogen-bond acceptors (Lipinski definition) is 33. The number of nitrogens with two attached hydrogens (primary N) is 3. The van der Waals surface area contributed by atoms with Crippen LogP contribution in [0.1, 0.15) is 213 Å². The third-order valence-electron chi connectivity index (χ3n) is 24.2. The van der Waals surface area contributed by atoms with Crippen LogP contribution in [0.2, 0.25) is 0 Å². The molecule has 10 heterocycles. The fraction of sp³-hybridized carbons (Fsp3) is 0.352. The lowest BCUT2D eigenvalue weighted by molar-refractivity contribution is -0.125. The number of ether oxygens (including phenoxy) is 6. The van der Waals surface area contributed by atoms with Crippen LogP contribution in [-0.4, -0.2) is 207 Å². The number of nitrogens with one attached hydrogen (secondary N) is 6. The summed E-state index contributed by atoms with van der Waals surface area (Å²) in [4.78, 5) is 172. The minimum atomic E-state index is -0.654. The minimum Gasteiger partial charge on any atom is -0.490 e. The van der Waals surface area contributed by atoms with Gasteiger partial charge in [0.05, 0.1) is 37.8 Å². The molecule has 6 aromatic heterocycles. The van der Waals surface area contributed by atoms with Crippen molar-refractivity contribution in [3.63, 3.8) is 0 Å². The molecular formula is C108H123N23O16. The topological polar surface area (TPSA) is 529 Å². The van der Waals surface area contributed by atoms with Gasteiger partial charge in [0.2, 0.25) is 29.6 Å². The second-order valence-corrected chi connectivity index (χ2v) is 36.1. The lowest BCUT2D eigenvalue weighted by atomic mass is 9.96. The number of amides is 5. The van der Waals surface area contributed by atoms with Crippen molar-refractivity contribution in [2.45, 2.75) is 209 Å². The Labute approximate surface area is 852 Å². The van der Waals surface area contributed by atoms with Crippen LogP contribution in [0, 0.1) is 34.3 Å². The molecular weight excluding hydrogens is 1880 g/mol. The highest BCUT2D eigenvalue weighted by Crippen LogP contribution is 2.35. The van der Waals surface area contributed by atoms with Crippen molar-refractivity contribution < 1.29 is 76.4 Å². The van der Waals surface area contributed by atoms with Gasteiger partial charge in [-0.15, -0.1) is 0 Å². The van der Waals surface area contributed by atoms with Crippen LogP contribution >= 0.6 is 0 Å². The summed E-state index contributed by atoms with van der Waals surface area (Å²) in [6.07, 6.45) is 12.8. The standard InChI is InChI=1S/C23H25N3O4.C22H21N5O3.C22H26N4O3.C21H24N6O3.C19H23N5O3.CH4/c1-14-3-7-17(8-4-14)29-18-9-5-16(6-10-18)22-25-19(15(2)27)13-21(26-22)30-20-11-12-24-23(20)28;1-13-3-8-20(24-12-13)30-16-6-4-15(5-7-16)21-26-18(14(2)28)11-19(27-21)25-17-9-10-23-22(17)29;1-13-4-8-17(9-5-13)29-18-10-6-16(7-11-18)22-25-19(21(23)28)12-20(26-22)24-14(2)15(3)27;1-13(14(2)28)24-19-12-18(20(22)29)25-21(26-19)27-10-8-17(9-11-27)30-16-6-4-15(23-3)5-7-16;1-11-4-6-14(7-5-11)27-15-9-24(10-15)19-22-16(18(20)26)8-17(23-19)21-12(2)13(3)25;/h3-5,7-8,13,18,20H,6,9-12H2,1-2H3,(H,24,28);3-8,11-12,17H,9-10H2,1-2H3,(H,23,29)(H,25,26,27);4-6,8-9,12,14,18H,7,10-11H2,1-3H3,(H2,23,28)(H,24,25,26);4-7,12-13,17H,8-11H2,1-2H3,(H2,22,29)(H,24,25,26);4-8,12,15H,9-10H2,1-3H3,(H2,20,26)(H,21,22,23);1H4/t18?,20-;17-;14-,18?;13-;12-;/m00000./s1. The zero-order chi connectivity index (χ0) is 104. The molecule has 147 heavy (non-hydrogen) atoms. The summed E-state index contributed by atoms with van der Waals surface area (Å²) in [6.45, 7) is 31.3. The number of allylic oxidation sites excluding steroid dienone is 2. The van der Waals surface area contributed by atoms with E-state index in [9.17, 15) is 47.9 Å². The molecule has 766 valence electrons. The predicted octanol–water partition coefficient (Wildman–Crippen LogP) is 14.4. The van der Waals surface area contributed by atoms with E-state index in [0.717, 1.165) is 96.6 Å². The first-order valence-electron chi connectivity index (χ1n) is 48.0. The zero-order valence-corrected chi connectivity index (χ0v) is 83.4. The highest BCUT2D eigenvalue weighted by atomic mass is 16.5. The number of aryl methyl sites for hydroxylation is 4. The minimum absolute atomic E-state index is 0. The molecule has 12 N–H and O–H groups in total. The molecule has 0 radical (unpaired) electrons. The largest absolute Gasteiger partial charge is 0.490 e. The van der Waals surface area contributed by atoms with E-state index in [1.807, 2.05) is 135 Å². The van der Waals surface area contributed by atoms with Crippen LogP contribution in [-0.2, 0) is 24.0 Å². The van der Waals surface area contributed by atoms with Crippen molar-refractivity contribution in [3.8, 4) is 51.9 Å². The molecule has 5 amide bonds. The molecule has 2 aliphatic carbocycles. The third-order valence-corrected chi connectivity index (χ3v) is 24.2. The number of primary amides is 3. The Balaban J connectivity index is 0.000000163. The smallest absolute Gasteiger partial charge is 0.267 e. The van der Waals surface area contributed by atoms with E-state index in [4.69, 9.17) is 52.2 Å². The number of carbonyl (C=O) groups excluding carboxylic acids is 10. The number of nitrogens with zero attached hydrogens (tertiary/aromatic N) is 14. The van der Waals surface area contributed by atoms with Gasteiger partial charge in [-0.3, -0.25) is 47.9 Å². The van der Waals surface area contributed by atoms with Crippen LogP contribution < -0.4 is 87.3 Å². The van der Waals surface area contributed by atoms with Gasteiger partial charge in [-0.1, -0.05) is 90.9 Å². The van der Waals surface area contributed by atoms with Crippen LogP contribution in [0.5, 0.6) is 40.5 Å². The van der Waals surface area contributed by atoms with Gasteiger partial charge in [0.1, 0.15) is 111 Å². The third kappa shape index (κ3) is 32.0. The Morgan fingerprint density at radius 1 is 0.415 bits per heavy atom. The van der Waals surface area contributed by atoms with E-state index in [2.05, 4.69) is 97.6 Å². The number of benzene rings is 5. The van der Waals surface area contributed by atoms with Gasteiger partial charge in [0.15, 0.2) is 58.2 Å². The van der Waals surface area contributed by atoms with Crippen LogP contribution in [0.3, 0.4) is 0 Å². The van der Waals surface area contributed by atoms with Gasteiger partial charge >= 0.3 is 0 Å². The van der Waals surface area contributed by atoms with Crippen molar-refractivity contribution in [1.29, 1.82) is 0 Å². The fourth-order valence-electron chi connectivity index (χ4n) is 15.3. The van der Waals surface area contributed by atoms with E-state index < -0.39 is 42.0 Å². The molecule has 6 aliphatic rings. The summed E-state index contributed by atoms with van der Waals surface area (Å²) in [7, 11) is 0. The first kappa shape index (κ1) is 109.